The second-order valence-corrected chi connectivity index (χ2v) is 2.70. The zero-order valence-electron chi connectivity index (χ0n) is 6.67. The molecule has 60 valence electrons. The fraction of sp³-hybridized carbons (Fsp3) is 0.714. The van der Waals surface area contributed by atoms with Crippen LogP contribution in [0.25, 0.3) is 0 Å². The summed E-state index contributed by atoms with van der Waals surface area (Å²) in [6.45, 7) is 4.90. The average Bonchev–Trinajstić information content (AvgIpc) is 2.50. The molecule has 0 bridgehead atoms. The number of nitrogens with zero attached hydrogens (tertiary/aromatic N) is 3. The van der Waals surface area contributed by atoms with Gasteiger partial charge in [0, 0.05) is 6.54 Å². The van der Waals surface area contributed by atoms with Crippen LogP contribution in [0.5, 0.6) is 0 Å². The van der Waals surface area contributed by atoms with Crippen molar-refractivity contribution in [1.29, 1.82) is 0 Å². The van der Waals surface area contributed by atoms with E-state index < -0.39 is 0 Å². The third kappa shape index (κ3) is 0.982. The van der Waals surface area contributed by atoms with Gasteiger partial charge in [0.2, 0.25) is 0 Å². The lowest BCUT2D eigenvalue weighted by Crippen LogP contribution is -2.39. The average molecular weight is 152 g/mol. The molecule has 4 heteroatoms. The molecular weight excluding hydrogens is 140 g/mol. The summed E-state index contributed by atoms with van der Waals surface area (Å²) in [5.41, 5.74) is 4.10. The van der Waals surface area contributed by atoms with Crippen molar-refractivity contribution in [2.24, 2.45) is 10.1 Å². The molecule has 4 nitrogen and oxygen atoms in total. The molecule has 0 unspecified atom stereocenters. The van der Waals surface area contributed by atoms with Gasteiger partial charge in [-0.25, -0.2) is 0 Å². The maximum atomic E-state index is 4.39. The van der Waals surface area contributed by atoms with Crippen molar-refractivity contribution in [1.82, 2.24) is 10.3 Å². The van der Waals surface area contributed by atoms with Gasteiger partial charge in [-0.1, -0.05) is 6.92 Å². The van der Waals surface area contributed by atoms with E-state index in [0.29, 0.717) is 0 Å². The van der Waals surface area contributed by atoms with Crippen LogP contribution < -0.4 is 5.43 Å². The smallest absolute Gasteiger partial charge is 0.171 e. The number of amidine groups is 1. The van der Waals surface area contributed by atoms with Gasteiger partial charge < -0.3 is 4.90 Å². The number of hydrogen-bond donors (Lipinski definition) is 1. The molecule has 0 amide bonds. The van der Waals surface area contributed by atoms with Crippen molar-refractivity contribution < 1.29 is 0 Å². The molecule has 0 radical (unpaired) electrons. The van der Waals surface area contributed by atoms with E-state index >= 15 is 0 Å². The molecule has 2 heterocycles. The second kappa shape index (κ2) is 2.53. The highest BCUT2D eigenvalue weighted by atomic mass is 15.5. The largest absolute Gasteiger partial charge is 0.333 e. The highest BCUT2D eigenvalue weighted by Gasteiger charge is 2.23. The number of hydrazone groups is 1. The summed E-state index contributed by atoms with van der Waals surface area (Å²) >= 11 is 0. The summed E-state index contributed by atoms with van der Waals surface area (Å²) in [5, 5.41) is 4.17. The number of rotatable bonds is 1. The Kier molecular flexibility index (Phi) is 1.52. The van der Waals surface area contributed by atoms with E-state index in [4.69, 9.17) is 0 Å². The van der Waals surface area contributed by atoms with Crippen molar-refractivity contribution in [3.05, 3.63) is 0 Å². The van der Waals surface area contributed by atoms with E-state index in [9.17, 15) is 0 Å². The molecule has 2 rings (SSSR count). The van der Waals surface area contributed by atoms with Crippen LogP contribution in [0.1, 0.15) is 13.3 Å². The number of aliphatic imine (C=N–C) groups is 1. The highest BCUT2D eigenvalue weighted by molar-refractivity contribution is 6.41. The molecule has 0 saturated heterocycles. The molecule has 0 atom stereocenters. The Balaban J connectivity index is 2.25. The van der Waals surface area contributed by atoms with E-state index in [1.807, 2.05) is 0 Å². The topological polar surface area (TPSA) is 40.0 Å². The molecule has 0 spiro atoms. The monoisotopic (exact) mass is 152 g/mol. The predicted octanol–water partition coefficient (Wildman–Crippen LogP) is 0.0272. The number of hydrogen-bond acceptors (Lipinski definition) is 4. The van der Waals surface area contributed by atoms with Crippen LogP contribution >= 0.6 is 0 Å². The highest BCUT2D eigenvalue weighted by Crippen LogP contribution is 2.06. The lowest BCUT2D eigenvalue weighted by atomic mass is 10.2. The summed E-state index contributed by atoms with van der Waals surface area (Å²) in [6, 6.07) is 0. The van der Waals surface area contributed by atoms with Gasteiger partial charge in [-0.2, -0.15) is 5.10 Å². The van der Waals surface area contributed by atoms with E-state index in [1.54, 1.807) is 0 Å². The van der Waals surface area contributed by atoms with Gasteiger partial charge in [0.05, 0.1) is 12.3 Å². The summed E-state index contributed by atoms with van der Waals surface area (Å²) in [7, 11) is 0. The molecule has 0 aromatic rings. The molecule has 0 aliphatic carbocycles. The Labute approximate surface area is 66.0 Å². The third-order valence-corrected chi connectivity index (χ3v) is 2.01. The van der Waals surface area contributed by atoms with Crippen molar-refractivity contribution in [2.45, 2.75) is 13.3 Å². The first-order chi connectivity index (χ1) is 5.42. The van der Waals surface area contributed by atoms with Crippen molar-refractivity contribution in [3.63, 3.8) is 0 Å². The van der Waals surface area contributed by atoms with Gasteiger partial charge in [0.15, 0.2) is 5.84 Å². The molecular formula is C7H12N4. The molecule has 2 aliphatic rings. The van der Waals surface area contributed by atoms with Gasteiger partial charge in [-0.3, -0.25) is 10.4 Å². The second-order valence-electron chi connectivity index (χ2n) is 2.70. The molecule has 0 aromatic heterocycles. The van der Waals surface area contributed by atoms with Crippen molar-refractivity contribution >= 4 is 11.5 Å². The standard InChI is InChI=1S/C7H12N4/c1-2-6-7-10-9-5-11(7)4-3-8-6/h9H,2-5H2,1H3. The van der Waals surface area contributed by atoms with Crippen LogP contribution in [0.2, 0.25) is 0 Å². The first-order valence-corrected chi connectivity index (χ1v) is 4.01. The maximum absolute atomic E-state index is 4.39. The normalized spacial score (nSPS) is 22.1. The van der Waals surface area contributed by atoms with Crippen molar-refractivity contribution in [3.8, 4) is 0 Å². The Bertz CT molecular complexity index is 218. The third-order valence-electron chi connectivity index (χ3n) is 2.01. The minimum absolute atomic E-state index is 0.856. The van der Waals surface area contributed by atoms with Crippen molar-refractivity contribution in [2.75, 3.05) is 19.8 Å². The summed E-state index contributed by atoms with van der Waals surface area (Å²) in [6.07, 6.45) is 0.983. The van der Waals surface area contributed by atoms with Crippen LogP contribution in [0.15, 0.2) is 10.1 Å². The van der Waals surface area contributed by atoms with Crippen LogP contribution in [0.3, 0.4) is 0 Å². The Morgan fingerprint density at radius 3 is 3.36 bits per heavy atom. The molecule has 0 fully saturated rings. The van der Waals surface area contributed by atoms with Crippen LogP contribution in [-0.2, 0) is 0 Å². The summed E-state index contributed by atoms with van der Waals surface area (Å²) in [5.74, 6) is 1.05. The van der Waals surface area contributed by atoms with Gasteiger partial charge in [0.1, 0.15) is 6.67 Å². The van der Waals surface area contributed by atoms with E-state index in [1.165, 1.54) is 0 Å². The van der Waals surface area contributed by atoms with Crippen LogP contribution in [0.4, 0.5) is 0 Å². The van der Waals surface area contributed by atoms with E-state index in [2.05, 4.69) is 27.3 Å². The number of nitrogens with one attached hydrogen (secondary N) is 1. The SMILES string of the molecule is CCC1=NCCN2CNN=C12. The van der Waals surface area contributed by atoms with E-state index in [0.717, 1.165) is 37.7 Å². The molecule has 11 heavy (non-hydrogen) atoms. The molecule has 0 aromatic carbocycles. The van der Waals surface area contributed by atoms with Crippen LogP contribution in [0, 0.1) is 0 Å². The first kappa shape index (κ1) is 6.64. The molecule has 2 aliphatic heterocycles. The quantitative estimate of drug-likeness (QED) is 0.575. The van der Waals surface area contributed by atoms with Gasteiger partial charge in [0.25, 0.3) is 0 Å². The Morgan fingerprint density at radius 2 is 2.55 bits per heavy atom. The Hall–Kier alpha value is -1.06. The fourth-order valence-electron chi connectivity index (χ4n) is 1.42. The zero-order valence-corrected chi connectivity index (χ0v) is 6.67. The summed E-state index contributed by atoms with van der Waals surface area (Å²) in [4.78, 5) is 6.62. The minimum atomic E-state index is 0.856. The lowest BCUT2D eigenvalue weighted by Gasteiger charge is -2.22. The Morgan fingerprint density at radius 1 is 1.64 bits per heavy atom. The van der Waals surface area contributed by atoms with Gasteiger partial charge in [-0.15, -0.1) is 0 Å². The van der Waals surface area contributed by atoms with Gasteiger partial charge in [-0.05, 0) is 6.42 Å². The van der Waals surface area contributed by atoms with Crippen LogP contribution in [-0.4, -0.2) is 36.2 Å². The molecule has 1 N–H and O–H groups in total. The number of fused-ring (bicyclic) bond motifs is 1. The maximum Gasteiger partial charge on any atom is 0.171 e. The fourth-order valence-corrected chi connectivity index (χ4v) is 1.42. The minimum Gasteiger partial charge on any atom is -0.333 e. The van der Waals surface area contributed by atoms with Gasteiger partial charge >= 0.3 is 0 Å². The summed E-state index contributed by atoms with van der Waals surface area (Å²) < 4.78 is 0. The first-order valence-electron chi connectivity index (χ1n) is 4.01. The molecule has 0 saturated carbocycles. The van der Waals surface area contributed by atoms with E-state index in [-0.39, 0.29) is 0 Å². The predicted molar refractivity (Wildman–Crippen MR) is 44.7 cm³/mol. The lowest BCUT2D eigenvalue weighted by molar-refractivity contribution is 0.431. The zero-order chi connectivity index (χ0) is 7.68.